The van der Waals surface area contributed by atoms with E-state index < -0.39 is 23.8 Å². The molecule has 1 N–H and O–H groups in total. The number of nitrogens with zero attached hydrogens (tertiary/aromatic N) is 5. The van der Waals surface area contributed by atoms with Gasteiger partial charge in [0, 0.05) is 24.1 Å². The van der Waals surface area contributed by atoms with Crippen molar-refractivity contribution >= 4 is 23.4 Å². The first kappa shape index (κ1) is 22.0. The molecule has 1 atom stereocenters. The molecule has 1 unspecified atom stereocenters. The maximum Gasteiger partial charge on any atom is 0.262 e. The molecule has 2 aromatic heterocycles. The Morgan fingerprint density at radius 3 is 2.20 bits per heavy atom. The molecule has 3 heterocycles. The first-order valence-electron chi connectivity index (χ1n) is 10.8. The molecule has 0 fully saturated rings. The Morgan fingerprint density at radius 1 is 0.943 bits per heavy atom. The van der Waals surface area contributed by atoms with Gasteiger partial charge in [-0.05, 0) is 56.3 Å². The number of ether oxygens (including phenoxy) is 1. The molecular formula is C25H20N6O4. The van der Waals surface area contributed by atoms with Crippen molar-refractivity contribution in [2.24, 2.45) is 0 Å². The number of hydrogen-bond donors (Lipinski definition) is 1. The number of carbonyl (C=O) groups excluding carboxylic acids is 3. The van der Waals surface area contributed by atoms with Crippen LogP contribution in [0.1, 0.15) is 33.5 Å². The van der Waals surface area contributed by atoms with Crippen LogP contribution in [0.3, 0.4) is 0 Å². The number of aromatic nitrogens is 4. The minimum absolute atomic E-state index is 0.301. The minimum atomic E-state index is -0.980. The van der Waals surface area contributed by atoms with E-state index in [-0.39, 0.29) is 0 Å². The third-order valence-electron chi connectivity index (χ3n) is 5.64. The van der Waals surface area contributed by atoms with Gasteiger partial charge in [-0.15, -0.1) is 10.2 Å². The Balaban J connectivity index is 1.22. The Hall–Kier alpha value is -4.86. The molecule has 4 aromatic rings. The predicted octanol–water partition coefficient (Wildman–Crippen LogP) is 3.39. The van der Waals surface area contributed by atoms with E-state index in [9.17, 15) is 14.4 Å². The lowest BCUT2D eigenvalue weighted by Crippen LogP contribution is -2.45. The molecule has 0 bridgehead atoms. The molecule has 0 spiro atoms. The summed E-state index contributed by atoms with van der Waals surface area (Å²) in [5, 5.41) is 11.0. The van der Waals surface area contributed by atoms with Crippen molar-refractivity contribution in [1.29, 1.82) is 0 Å². The molecule has 0 aliphatic carbocycles. The number of imidazole rings is 1. The van der Waals surface area contributed by atoms with E-state index in [1.807, 2.05) is 6.92 Å². The molecule has 35 heavy (non-hydrogen) atoms. The second kappa shape index (κ2) is 8.82. The molecule has 2 aromatic carbocycles. The number of amides is 3. The molecule has 1 aliphatic rings. The van der Waals surface area contributed by atoms with Crippen LogP contribution in [0.4, 0.5) is 5.69 Å². The maximum atomic E-state index is 12.8. The number of hydrogen-bond acceptors (Lipinski definition) is 7. The second-order valence-corrected chi connectivity index (χ2v) is 7.89. The van der Waals surface area contributed by atoms with Gasteiger partial charge in [0.1, 0.15) is 17.6 Å². The average Bonchev–Trinajstić information content (AvgIpc) is 3.41. The number of fused-ring (bicyclic) bond motifs is 1. The lowest BCUT2D eigenvalue weighted by molar-refractivity contribution is -0.119. The van der Waals surface area contributed by atoms with Gasteiger partial charge in [0.25, 0.3) is 11.8 Å². The number of carbonyl (C=O) groups is 3. The van der Waals surface area contributed by atoms with E-state index in [4.69, 9.17) is 4.74 Å². The van der Waals surface area contributed by atoms with E-state index in [1.54, 1.807) is 77.6 Å². The van der Waals surface area contributed by atoms with Gasteiger partial charge in [0.05, 0.1) is 11.1 Å². The Bertz CT molecular complexity index is 1390. The fraction of sp³-hybridized carbons (Fsp3) is 0.120. The van der Waals surface area contributed by atoms with Crippen molar-refractivity contribution < 1.29 is 19.1 Å². The summed E-state index contributed by atoms with van der Waals surface area (Å²) in [6, 6.07) is 15.6. The average molecular weight is 468 g/mol. The van der Waals surface area contributed by atoms with Crippen molar-refractivity contribution in [3.63, 3.8) is 0 Å². The van der Waals surface area contributed by atoms with E-state index >= 15 is 0 Å². The molecule has 10 nitrogen and oxygen atoms in total. The molecular weight excluding hydrogens is 448 g/mol. The summed E-state index contributed by atoms with van der Waals surface area (Å²) < 4.78 is 7.53. The number of anilines is 1. The van der Waals surface area contributed by atoms with Gasteiger partial charge in [-0.1, -0.05) is 12.1 Å². The van der Waals surface area contributed by atoms with Crippen LogP contribution in [0.5, 0.6) is 11.6 Å². The lowest BCUT2D eigenvalue weighted by Gasteiger charge is -2.21. The summed E-state index contributed by atoms with van der Waals surface area (Å²) in [7, 11) is 0. The normalized spacial score (nSPS) is 13.5. The van der Waals surface area contributed by atoms with Crippen molar-refractivity contribution in [2.75, 3.05) is 5.32 Å². The summed E-state index contributed by atoms with van der Waals surface area (Å²) in [4.78, 5) is 43.1. The number of benzene rings is 2. The second-order valence-electron chi connectivity index (χ2n) is 7.89. The van der Waals surface area contributed by atoms with Crippen molar-refractivity contribution in [2.45, 2.75) is 19.9 Å². The molecule has 3 amide bonds. The van der Waals surface area contributed by atoms with Gasteiger partial charge in [0.15, 0.2) is 5.82 Å². The van der Waals surface area contributed by atoms with Gasteiger partial charge in [-0.25, -0.2) is 4.98 Å². The molecule has 0 radical (unpaired) electrons. The highest BCUT2D eigenvalue weighted by Gasteiger charge is 2.40. The van der Waals surface area contributed by atoms with Crippen LogP contribution in [0.2, 0.25) is 0 Å². The van der Waals surface area contributed by atoms with E-state index in [1.165, 1.54) is 6.92 Å². The fourth-order valence-corrected chi connectivity index (χ4v) is 3.77. The minimum Gasteiger partial charge on any atom is -0.438 e. The summed E-state index contributed by atoms with van der Waals surface area (Å²) in [6.07, 6.45) is 3.48. The Labute approximate surface area is 200 Å². The third-order valence-corrected chi connectivity index (χ3v) is 5.64. The van der Waals surface area contributed by atoms with Crippen LogP contribution in [0, 0.1) is 6.92 Å². The summed E-state index contributed by atoms with van der Waals surface area (Å²) in [5.41, 5.74) is 1.09. The molecule has 1 aliphatic heterocycles. The number of aryl methyl sites for hydroxylation is 1. The number of nitrogens with one attached hydrogen (secondary N) is 1. The van der Waals surface area contributed by atoms with Crippen LogP contribution < -0.4 is 10.1 Å². The zero-order chi connectivity index (χ0) is 24.5. The van der Waals surface area contributed by atoms with Crippen LogP contribution in [0.25, 0.3) is 5.82 Å². The highest BCUT2D eigenvalue weighted by Crippen LogP contribution is 2.26. The van der Waals surface area contributed by atoms with Crippen molar-refractivity contribution in [3.05, 3.63) is 90.0 Å². The van der Waals surface area contributed by atoms with E-state index in [2.05, 4.69) is 20.5 Å². The Morgan fingerprint density at radius 2 is 1.63 bits per heavy atom. The maximum absolute atomic E-state index is 12.8. The highest BCUT2D eigenvalue weighted by atomic mass is 16.5. The quantitative estimate of drug-likeness (QED) is 0.431. The molecule has 0 saturated carbocycles. The zero-order valence-corrected chi connectivity index (χ0v) is 18.9. The first-order chi connectivity index (χ1) is 16.9. The van der Waals surface area contributed by atoms with Gasteiger partial charge in [0.2, 0.25) is 11.8 Å². The summed E-state index contributed by atoms with van der Waals surface area (Å²) in [5.74, 6) is 0.782. The topological polar surface area (TPSA) is 119 Å². The lowest BCUT2D eigenvalue weighted by atomic mass is 10.1. The third kappa shape index (κ3) is 4.12. The van der Waals surface area contributed by atoms with Crippen molar-refractivity contribution in [3.8, 4) is 17.4 Å². The highest BCUT2D eigenvalue weighted by molar-refractivity contribution is 6.23. The Kier molecular flexibility index (Phi) is 5.54. The van der Waals surface area contributed by atoms with Gasteiger partial charge in [-0.3, -0.25) is 23.9 Å². The SMILES string of the molecule is Cc1nccn1-c1ccc(Oc2ccc(NC(=O)C(C)N3C(=O)c4ccccc4C3=O)cc2)nn1. The van der Waals surface area contributed by atoms with Crippen LogP contribution in [0.15, 0.2) is 73.1 Å². The smallest absolute Gasteiger partial charge is 0.262 e. The van der Waals surface area contributed by atoms with Crippen LogP contribution >= 0.6 is 0 Å². The largest absolute Gasteiger partial charge is 0.438 e. The predicted molar refractivity (Wildman–Crippen MR) is 125 cm³/mol. The zero-order valence-electron chi connectivity index (χ0n) is 18.9. The molecule has 10 heteroatoms. The standard InChI is InChI=1S/C25H20N6O4/c1-15(31-24(33)19-5-3-4-6-20(19)25(31)34)23(32)27-17-7-9-18(10-8-17)35-22-12-11-21(28-29-22)30-14-13-26-16(30)2/h3-15H,1-2H3,(H,27,32). The number of imide groups is 1. The van der Waals surface area contributed by atoms with Crippen molar-refractivity contribution in [1.82, 2.24) is 24.6 Å². The van der Waals surface area contributed by atoms with Crippen LogP contribution in [-0.2, 0) is 4.79 Å². The van der Waals surface area contributed by atoms with Crippen LogP contribution in [-0.4, -0.2) is 48.4 Å². The fourth-order valence-electron chi connectivity index (χ4n) is 3.77. The number of rotatable bonds is 6. The monoisotopic (exact) mass is 468 g/mol. The molecule has 174 valence electrons. The molecule has 0 saturated heterocycles. The van der Waals surface area contributed by atoms with E-state index in [0.29, 0.717) is 34.3 Å². The van der Waals surface area contributed by atoms with Gasteiger partial charge in [-0.2, -0.15) is 0 Å². The van der Waals surface area contributed by atoms with Gasteiger partial charge < -0.3 is 10.1 Å². The summed E-state index contributed by atoms with van der Waals surface area (Å²) >= 11 is 0. The molecule has 5 rings (SSSR count). The first-order valence-corrected chi connectivity index (χ1v) is 10.8. The van der Waals surface area contributed by atoms with E-state index in [0.717, 1.165) is 10.7 Å². The summed E-state index contributed by atoms with van der Waals surface area (Å²) in [6.45, 7) is 3.38. The van der Waals surface area contributed by atoms with Gasteiger partial charge >= 0.3 is 0 Å².